The Kier molecular flexibility index (Phi) is 3.75. The van der Waals surface area contributed by atoms with Gasteiger partial charge in [0, 0.05) is 0 Å². The summed E-state index contributed by atoms with van der Waals surface area (Å²) in [6.45, 7) is 1.31. The Bertz CT molecular complexity index is 439. The maximum Gasteiger partial charge on any atom is 0.330 e. The van der Waals surface area contributed by atoms with Gasteiger partial charge in [0.05, 0.1) is 19.4 Å². The van der Waals surface area contributed by atoms with Crippen molar-refractivity contribution >= 4 is 0 Å². The molecule has 2 N–H and O–H groups in total. The van der Waals surface area contributed by atoms with Gasteiger partial charge in [-0.1, -0.05) is 0 Å². The van der Waals surface area contributed by atoms with E-state index in [-0.39, 0.29) is 13.2 Å². The third-order valence-corrected chi connectivity index (χ3v) is 1.77. The lowest BCUT2D eigenvalue weighted by molar-refractivity contribution is -0.00627. The van der Waals surface area contributed by atoms with E-state index in [2.05, 4.69) is 0 Å². The molecule has 1 aromatic heterocycles. The highest BCUT2D eigenvalue weighted by molar-refractivity contribution is 4.87. The molecule has 0 saturated heterocycles. The van der Waals surface area contributed by atoms with Crippen LogP contribution in [0.4, 0.5) is 4.39 Å². The number of hydrogen-bond donors (Lipinski definition) is 2. The van der Waals surface area contributed by atoms with Gasteiger partial charge in [0.25, 0.3) is 5.56 Å². The van der Waals surface area contributed by atoms with E-state index in [9.17, 15) is 14.0 Å². The Morgan fingerprint density at radius 2 is 2.33 bits per heavy atom. The number of halogens is 1. The molecule has 1 atom stereocenters. The van der Waals surface area contributed by atoms with Crippen LogP contribution in [0, 0.1) is 5.82 Å². The van der Waals surface area contributed by atoms with Crippen molar-refractivity contribution in [1.29, 1.82) is 0 Å². The van der Waals surface area contributed by atoms with Crippen molar-refractivity contribution in [2.75, 3.05) is 13.2 Å². The van der Waals surface area contributed by atoms with Crippen molar-refractivity contribution < 1.29 is 14.2 Å². The van der Waals surface area contributed by atoms with E-state index in [1.54, 1.807) is 4.98 Å². The van der Waals surface area contributed by atoms with Crippen LogP contribution < -0.4 is 11.2 Å². The van der Waals surface area contributed by atoms with Gasteiger partial charge in [0.1, 0.15) is 6.23 Å². The van der Waals surface area contributed by atoms with Gasteiger partial charge >= 0.3 is 5.69 Å². The van der Waals surface area contributed by atoms with E-state index in [4.69, 9.17) is 9.84 Å². The monoisotopic (exact) mass is 218 g/mol. The van der Waals surface area contributed by atoms with Gasteiger partial charge in [-0.25, -0.2) is 4.79 Å². The lowest BCUT2D eigenvalue weighted by atomic mass is 10.5. The van der Waals surface area contributed by atoms with Crippen LogP contribution in [0.1, 0.15) is 13.2 Å². The first-order valence-corrected chi connectivity index (χ1v) is 4.29. The van der Waals surface area contributed by atoms with Gasteiger partial charge in [0.2, 0.25) is 5.82 Å². The summed E-state index contributed by atoms with van der Waals surface area (Å²) in [6.07, 6.45) is 0.0134. The molecule has 15 heavy (non-hydrogen) atoms. The third-order valence-electron chi connectivity index (χ3n) is 1.77. The molecular formula is C8H11FN2O4. The number of aliphatic hydroxyl groups is 1. The van der Waals surface area contributed by atoms with Gasteiger partial charge in [-0.2, -0.15) is 4.39 Å². The Balaban J connectivity index is 2.99. The number of nitrogens with one attached hydrogen (secondary N) is 1. The van der Waals surface area contributed by atoms with E-state index >= 15 is 0 Å². The summed E-state index contributed by atoms with van der Waals surface area (Å²) in [6, 6.07) is 0. The van der Waals surface area contributed by atoms with Crippen LogP contribution in [-0.2, 0) is 4.74 Å². The molecule has 0 aliphatic heterocycles. The number of hydrogen-bond acceptors (Lipinski definition) is 4. The molecule has 0 aliphatic carbocycles. The van der Waals surface area contributed by atoms with Crippen molar-refractivity contribution in [3.05, 3.63) is 32.9 Å². The molecule has 0 radical (unpaired) electrons. The van der Waals surface area contributed by atoms with Crippen LogP contribution in [0.15, 0.2) is 15.8 Å². The number of aromatic nitrogens is 2. The average Bonchev–Trinajstić information content (AvgIpc) is 2.20. The van der Waals surface area contributed by atoms with Crippen molar-refractivity contribution in [2.45, 2.75) is 13.2 Å². The SMILES string of the molecule is CC(OCCO)n1cc(F)c(=O)[nH]c1=O. The Morgan fingerprint density at radius 1 is 1.67 bits per heavy atom. The predicted octanol–water partition coefficient (Wildman–Crippen LogP) is -0.797. The average molecular weight is 218 g/mol. The third kappa shape index (κ3) is 2.74. The smallest absolute Gasteiger partial charge is 0.330 e. The lowest BCUT2D eigenvalue weighted by Crippen LogP contribution is -2.34. The fourth-order valence-corrected chi connectivity index (χ4v) is 1.03. The molecule has 0 spiro atoms. The molecule has 1 heterocycles. The van der Waals surface area contributed by atoms with Gasteiger partial charge in [0.15, 0.2) is 0 Å². The van der Waals surface area contributed by atoms with E-state index in [0.717, 1.165) is 10.8 Å². The molecule has 0 fully saturated rings. The van der Waals surface area contributed by atoms with E-state index < -0.39 is 23.3 Å². The lowest BCUT2D eigenvalue weighted by Gasteiger charge is -2.14. The first-order chi connectivity index (χ1) is 7.06. The Morgan fingerprint density at radius 3 is 2.93 bits per heavy atom. The van der Waals surface area contributed by atoms with Gasteiger partial charge in [-0.05, 0) is 6.92 Å². The second kappa shape index (κ2) is 4.85. The molecule has 6 nitrogen and oxygen atoms in total. The number of rotatable bonds is 4. The summed E-state index contributed by atoms with van der Waals surface area (Å²) in [5.41, 5.74) is -1.82. The molecule has 0 saturated carbocycles. The van der Waals surface area contributed by atoms with Crippen LogP contribution in [0.2, 0.25) is 0 Å². The topological polar surface area (TPSA) is 84.3 Å². The highest BCUT2D eigenvalue weighted by Gasteiger charge is 2.09. The molecule has 0 amide bonds. The van der Waals surface area contributed by atoms with Gasteiger partial charge in [-0.15, -0.1) is 0 Å². The minimum atomic E-state index is -1.06. The fraction of sp³-hybridized carbons (Fsp3) is 0.500. The van der Waals surface area contributed by atoms with Gasteiger partial charge in [-0.3, -0.25) is 14.3 Å². The van der Waals surface area contributed by atoms with Crippen molar-refractivity contribution in [3.8, 4) is 0 Å². The van der Waals surface area contributed by atoms with Crippen molar-refractivity contribution in [2.24, 2.45) is 0 Å². The molecule has 84 valence electrons. The standard InChI is InChI=1S/C8H11FN2O4/c1-5(15-3-2-12)11-4-6(9)7(13)10-8(11)14/h4-5,12H,2-3H2,1H3,(H,10,13,14). The molecule has 1 unspecified atom stereocenters. The molecule has 0 aromatic carbocycles. The number of aromatic amines is 1. The summed E-state index contributed by atoms with van der Waals surface area (Å²) in [7, 11) is 0. The van der Waals surface area contributed by atoms with E-state index in [1.807, 2.05) is 0 Å². The zero-order valence-electron chi connectivity index (χ0n) is 8.07. The normalized spacial score (nSPS) is 12.7. The predicted molar refractivity (Wildman–Crippen MR) is 49.0 cm³/mol. The number of nitrogens with zero attached hydrogens (tertiary/aromatic N) is 1. The summed E-state index contributed by atoms with van der Waals surface area (Å²) >= 11 is 0. The van der Waals surface area contributed by atoms with Gasteiger partial charge < -0.3 is 9.84 Å². The molecular weight excluding hydrogens is 207 g/mol. The Labute approximate surface area is 83.9 Å². The van der Waals surface area contributed by atoms with Crippen LogP contribution in [0.3, 0.4) is 0 Å². The largest absolute Gasteiger partial charge is 0.394 e. The zero-order valence-corrected chi connectivity index (χ0v) is 8.07. The molecule has 0 aliphatic rings. The molecule has 1 aromatic rings. The second-order valence-electron chi connectivity index (χ2n) is 2.84. The van der Waals surface area contributed by atoms with Crippen LogP contribution in [0.5, 0.6) is 0 Å². The minimum absolute atomic E-state index is 0.0222. The summed E-state index contributed by atoms with van der Waals surface area (Å²) in [5.74, 6) is -1.06. The summed E-state index contributed by atoms with van der Waals surface area (Å²) in [4.78, 5) is 23.7. The maximum atomic E-state index is 12.8. The van der Waals surface area contributed by atoms with Crippen LogP contribution in [-0.4, -0.2) is 27.9 Å². The quantitative estimate of drug-likeness (QED) is 0.693. The van der Waals surface area contributed by atoms with Crippen molar-refractivity contribution in [1.82, 2.24) is 9.55 Å². The fourth-order valence-electron chi connectivity index (χ4n) is 1.03. The van der Waals surface area contributed by atoms with Crippen LogP contribution in [0.25, 0.3) is 0 Å². The summed E-state index contributed by atoms with van der Waals surface area (Å²) < 4.78 is 18.7. The number of aliphatic hydroxyl groups excluding tert-OH is 1. The van der Waals surface area contributed by atoms with Crippen LogP contribution >= 0.6 is 0 Å². The molecule has 7 heteroatoms. The molecule has 0 bridgehead atoms. The Hall–Kier alpha value is -1.47. The first-order valence-electron chi connectivity index (χ1n) is 4.29. The zero-order chi connectivity index (χ0) is 11.4. The van der Waals surface area contributed by atoms with E-state index in [0.29, 0.717) is 0 Å². The number of ether oxygens (including phenoxy) is 1. The van der Waals surface area contributed by atoms with E-state index in [1.165, 1.54) is 6.92 Å². The second-order valence-corrected chi connectivity index (χ2v) is 2.84. The highest BCUT2D eigenvalue weighted by Crippen LogP contribution is 2.02. The minimum Gasteiger partial charge on any atom is -0.394 e. The maximum absolute atomic E-state index is 12.8. The summed E-state index contributed by atoms with van der Waals surface area (Å²) in [5, 5.41) is 8.49. The highest BCUT2D eigenvalue weighted by atomic mass is 19.1. The number of H-pyrrole nitrogens is 1. The first kappa shape index (κ1) is 11.6. The molecule has 1 rings (SSSR count). The van der Waals surface area contributed by atoms with Crippen molar-refractivity contribution in [3.63, 3.8) is 0 Å².